The van der Waals surface area contributed by atoms with Gasteiger partial charge in [-0.25, -0.2) is 4.79 Å². The summed E-state index contributed by atoms with van der Waals surface area (Å²) < 4.78 is 9.80. The fourth-order valence-electron chi connectivity index (χ4n) is 2.91. The van der Waals surface area contributed by atoms with E-state index in [4.69, 9.17) is 21.1 Å². The van der Waals surface area contributed by atoms with E-state index < -0.39 is 23.8 Å². The van der Waals surface area contributed by atoms with Crippen LogP contribution in [0.4, 0.5) is 0 Å². The maximum Gasteiger partial charge on any atom is 0.336 e. The molecule has 1 aliphatic heterocycles. The minimum atomic E-state index is -0.724. The lowest BCUT2D eigenvalue weighted by molar-refractivity contribution is -0.143. The number of allylic oxidation sites excluding steroid dienone is 1. The van der Waals surface area contributed by atoms with Crippen LogP contribution in [0.2, 0.25) is 5.02 Å². The Labute approximate surface area is 139 Å². The molecule has 1 aromatic carbocycles. The van der Waals surface area contributed by atoms with E-state index in [2.05, 4.69) is 4.99 Å². The fourth-order valence-corrected chi connectivity index (χ4v) is 3.16. The van der Waals surface area contributed by atoms with E-state index in [0.717, 1.165) is 0 Å². The molecule has 0 amide bonds. The molecule has 0 aliphatic carbocycles. The molecular weight excluding hydrogens is 318 g/mol. The Balaban J connectivity index is 2.71. The molecule has 1 aliphatic rings. The van der Waals surface area contributed by atoms with Gasteiger partial charge in [0.05, 0.1) is 19.8 Å². The summed E-state index contributed by atoms with van der Waals surface area (Å²) >= 11 is 6.31. The van der Waals surface area contributed by atoms with Gasteiger partial charge in [0, 0.05) is 22.3 Å². The first-order chi connectivity index (χ1) is 10.9. The van der Waals surface area contributed by atoms with E-state index in [9.17, 15) is 9.59 Å². The highest BCUT2D eigenvalue weighted by atomic mass is 35.5. The summed E-state index contributed by atoms with van der Waals surface area (Å²) in [6.45, 7) is 3.45. The zero-order chi connectivity index (χ0) is 17.1. The number of hydrogen-bond donors (Lipinski definition) is 0. The second-order valence-electron chi connectivity index (χ2n) is 5.24. The van der Waals surface area contributed by atoms with Crippen molar-refractivity contribution in [1.82, 2.24) is 0 Å². The molecule has 0 radical (unpaired) electrons. The summed E-state index contributed by atoms with van der Waals surface area (Å²) in [6, 6.07) is 7.10. The summed E-state index contributed by atoms with van der Waals surface area (Å²) in [7, 11) is 2.60. The Morgan fingerprint density at radius 3 is 2.35 bits per heavy atom. The SMILES string of the molecule is COC(=O)C1=C(C)N=C(C)C(C(=O)OC)[C@@H]1c1ccccc1Cl. The molecule has 0 fully saturated rings. The molecular formula is C17H18ClNO4. The van der Waals surface area contributed by atoms with E-state index in [0.29, 0.717) is 27.6 Å². The normalized spacial score (nSPS) is 20.8. The lowest BCUT2D eigenvalue weighted by Gasteiger charge is -2.31. The minimum absolute atomic E-state index is 0.321. The lowest BCUT2D eigenvalue weighted by atomic mass is 9.75. The number of rotatable bonds is 3. The first-order valence-corrected chi connectivity index (χ1v) is 7.46. The lowest BCUT2D eigenvalue weighted by Crippen LogP contribution is -2.36. The summed E-state index contributed by atoms with van der Waals surface area (Å²) in [4.78, 5) is 28.9. The number of aliphatic imine (C=N–C) groups is 1. The molecule has 0 spiro atoms. The van der Waals surface area contributed by atoms with Crippen LogP contribution in [-0.4, -0.2) is 31.9 Å². The minimum Gasteiger partial charge on any atom is -0.468 e. The van der Waals surface area contributed by atoms with Crippen molar-refractivity contribution in [3.8, 4) is 0 Å². The van der Waals surface area contributed by atoms with Gasteiger partial charge in [-0.05, 0) is 25.5 Å². The molecule has 0 N–H and O–H groups in total. The fraction of sp³-hybridized carbons (Fsp3) is 0.353. The van der Waals surface area contributed by atoms with Gasteiger partial charge >= 0.3 is 11.9 Å². The molecule has 23 heavy (non-hydrogen) atoms. The summed E-state index contributed by atoms with van der Waals surface area (Å²) in [5.74, 6) is -2.32. The van der Waals surface area contributed by atoms with Gasteiger partial charge in [0.2, 0.25) is 0 Å². The molecule has 1 heterocycles. The van der Waals surface area contributed by atoms with Crippen molar-refractivity contribution in [2.45, 2.75) is 19.8 Å². The van der Waals surface area contributed by atoms with Crippen molar-refractivity contribution in [2.75, 3.05) is 14.2 Å². The Morgan fingerprint density at radius 2 is 1.78 bits per heavy atom. The smallest absolute Gasteiger partial charge is 0.336 e. The number of carbonyl (C=O) groups is 2. The van der Waals surface area contributed by atoms with E-state index >= 15 is 0 Å². The summed E-state index contributed by atoms with van der Waals surface area (Å²) in [5, 5.41) is 0.468. The third-order valence-corrected chi connectivity index (χ3v) is 4.27. The van der Waals surface area contributed by atoms with Crippen LogP contribution in [0.3, 0.4) is 0 Å². The number of benzene rings is 1. The van der Waals surface area contributed by atoms with Crippen LogP contribution in [0.5, 0.6) is 0 Å². The standard InChI is InChI=1S/C17H18ClNO4/c1-9-13(16(20)22-3)15(11-7-5-6-8-12(11)18)14(10(2)19-9)17(21)23-4/h5-8,13,15H,1-4H3/t13?,15-/m0/s1. The van der Waals surface area contributed by atoms with Gasteiger partial charge in [-0.1, -0.05) is 29.8 Å². The van der Waals surface area contributed by atoms with Gasteiger partial charge in [0.1, 0.15) is 5.92 Å². The van der Waals surface area contributed by atoms with Gasteiger partial charge in [-0.3, -0.25) is 9.79 Å². The topological polar surface area (TPSA) is 65.0 Å². The summed E-state index contributed by atoms with van der Waals surface area (Å²) in [5.41, 5.74) is 2.08. The number of nitrogens with zero attached hydrogens (tertiary/aromatic N) is 1. The zero-order valence-electron chi connectivity index (χ0n) is 13.4. The van der Waals surface area contributed by atoms with Crippen LogP contribution in [0.15, 0.2) is 40.5 Å². The molecule has 0 saturated heterocycles. The Hall–Kier alpha value is -2.14. The van der Waals surface area contributed by atoms with Gasteiger partial charge in [-0.2, -0.15) is 0 Å². The Bertz CT molecular complexity index is 708. The van der Waals surface area contributed by atoms with Crippen LogP contribution < -0.4 is 0 Å². The number of ether oxygens (including phenoxy) is 2. The highest BCUT2D eigenvalue weighted by Gasteiger charge is 2.42. The second kappa shape index (κ2) is 6.96. The van der Waals surface area contributed by atoms with E-state index in [1.165, 1.54) is 14.2 Å². The molecule has 0 saturated carbocycles. The van der Waals surface area contributed by atoms with Crippen LogP contribution in [0, 0.1) is 5.92 Å². The van der Waals surface area contributed by atoms with Crippen molar-refractivity contribution < 1.29 is 19.1 Å². The molecule has 6 heteroatoms. The van der Waals surface area contributed by atoms with Crippen molar-refractivity contribution in [2.24, 2.45) is 10.9 Å². The van der Waals surface area contributed by atoms with Crippen molar-refractivity contribution in [3.63, 3.8) is 0 Å². The van der Waals surface area contributed by atoms with E-state index in [1.54, 1.807) is 38.1 Å². The molecule has 2 rings (SSSR count). The maximum absolute atomic E-state index is 12.3. The van der Waals surface area contributed by atoms with E-state index in [1.807, 2.05) is 0 Å². The third kappa shape index (κ3) is 3.15. The molecule has 5 nitrogen and oxygen atoms in total. The molecule has 1 unspecified atom stereocenters. The number of hydrogen-bond acceptors (Lipinski definition) is 5. The molecule has 2 atom stereocenters. The maximum atomic E-state index is 12.3. The third-order valence-electron chi connectivity index (χ3n) is 3.93. The van der Waals surface area contributed by atoms with Crippen LogP contribution >= 0.6 is 11.6 Å². The molecule has 1 aromatic rings. The number of halogens is 1. The van der Waals surface area contributed by atoms with Gasteiger partial charge in [0.25, 0.3) is 0 Å². The molecule has 0 bridgehead atoms. The average Bonchev–Trinajstić information content (AvgIpc) is 2.53. The zero-order valence-corrected chi connectivity index (χ0v) is 14.2. The predicted molar refractivity (Wildman–Crippen MR) is 87.5 cm³/mol. The molecule has 0 aromatic heterocycles. The van der Waals surface area contributed by atoms with Crippen molar-refractivity contribution in [1.29, 1.82) is 0 Å². The van der Waals surface area contributed by atoms with Crippen molar-refractivity contribution >= 4 is 29.3 Å². The largest absolute Gasteiger partial charge is 0.468 e. The van der Waals surface area contributed by atoms with E-state index in [-0.39, 0.29) is 0 Å². The monoisotopic (exact) mass is 335 g/mol. The van der Waals surface area contributed by atoms with Crippen molar-refractivity contribution in [3.05, 3.63) is 46.1 Å². The van der Waals surface area contributed by atoms with Gasteiger partial charge in [-0.15, -0.1) is 0 Å². The Kier molecular flexibility index (Phi) is 5.21. The van der Waals surface area contributed by atoms with Crippen LogP contribution in [0.1, 0.15) is 25.3 Å². The van der Waals surface area contributed by atoms with Gasteiger partial charge in [0.15, 0.2) is 0 Å². The van der Waals surface area contributed by atoms with Crippen LogP contribution in [-0.2, 0) is 19.1 Å². The first-order valence-electron chi connectivity index (χ1n) is 7.08. The first kappa shape index (κ1) is 17.2. The number of methoxy groups -OCH3 is 2. The quantitative estimate of drug-likeness (QED) is 0.796. The van der Waals surface area contributed by atoms with Crippen LogP contribution in [0.25, 0.3) is 0 Å². The number of esters is 2. The highest BCUT2D eigenvalue weighted by Crippen LogP contribution is 2.42. The number of carbonyl (C=O) groups excluding carboxylic acids is 2. The average molecular weight is 336 g/mol. The Morgan fingerprint density at radius 1 is 1.13 bits per heavy atom. The predicted octanol–water partition coefficient (Wildman–Crippen LogP) is 3.13. The summed E-state index contributed by atoms with van der Waals surface area (Å²) in [6.07, 6.45) is 0. The highest BCUT2D eigenvalue weighted by molar-refractivity contribution is 6.31. The second-order valence-corrected chi connectivity index (χ2v) is 5.65. The molecule has 122 valence electrons. The van der Waals surface area contributed by atoms with Gasteiger partial charge < -0.3 is 9.47 Å².